The summed E-state index contributed by atoms with van der Waals surface area (Å²) < 4.78 is 139. The van der Waals surface area contributed by atoms with Crippen LogP contribution < -0.4 is 42.6 Å². The first-order chi connectivity index (χ1) is 42.3. The van der Waals surface area contributed by atoms with E-state index < -0.39 is 109 Å². The van der Waals surface area contributed by atoms with Crippen LogP contribution in [0.25, 0.3) is 22.5 Å². The van der Waals surface area contributed by atoms with Gasteiger partial charge in [0.25, 0.3) is 5.91 Å². The molecule has 13 N–H and O–H groups in total. The van der Waals surface area contributed by atoms with Gasteiger partial charge in [-0.1, -0.05) is 57.2 Å². The molecule has 0 saturated carbocycles. The topological polar surface area (TPSA) is 420 Å². The number of nitrogens with two attached hydrogens (primary N) is 3. The van der Waals surface area contributed by atoms with Gasteiger partial charge in [0.15, 0.2) is 11.6 Å². The molecule has 1 aromatic heterocycles. The second-order valence-electron chi connectivity index (χ2n) is 19.8. The Kier molecular flexibility index (Phi) is 30.6. The predicted molar refractivity (Wildman–Crippen MR) is 296 cm³/mol. The van der Waals surface area contributed by atoms with Crippen molar-refractivity contribution in [2.24, 2.45) is 17.2 Å². The van der Waals surface area contributed by atoms with Gasteiger partial charge in [-0.2, -0.15) is 57.9 Å². The van der Waals surface area contributed by atoms with Gasteiger partial charge in [-0.3, -0.25) is 24.0 Å². The number of halogens is 12. The van der Waals surface area contributed by atoms with Gasteiger partial charge in [0.2, 0.25) is 17.7 Å². The van der Waals surface area contributed by atoms with Gasteiger partial charge in [-0.15, -0.1) is 0 Å². The van der Waals surface area contributed by atoms with E-state index in [1.165, 1.54) is 25.1 Å². The van der Waals surface area contributed by atoms with E-state index in [1.807, 2.05) is 30.3 Å². The van der Waals surface area contributed by atoms with Gasteiger partial charge in [0.1, 0.15) is 42.8 Å². The molecule has 2 heterocycles. The molecule has 3 aromatic carbocycles. The fraction of sp³-hybridized carbons (Fsp3) is 0.418. The van der Waals surface area contributed by atoms with Crippen LogP contribution in [0.3, 0.4) is 0 Å². The van der Waals surface area contributed by atoms with Crippen LogP contribution in [-0.4, -0.2) is 171 Å². The Morgan fingerprint density at radius 3 is 1.58 bits per heavy atom. The normalized spacial score (nSPS) is 15.2. The first kappa shape index (κ1) is 80.3. The number of carbonyl (C=O) groups excluding carboxylic acids is 5. The van der Waals surface area contributed by atoms with Gasteiger partial charge in [0.05, 0.1) is 29.8 Å². The number of rotatable bonds is 15. The lowest BCUT2D eigenvalue weighted by Crippen LogP contribution is -2.55. The monoisotopic (exact) mass is 1330 g/mol. The highest BCUT2D eigenvalue weighted by atomic mass is 19.4. The van der Waals surface area contributed by atoms with E-state index in [4.69, 9.17) is 66.3 Å². The average molecular weight is 1330 g/mol. The molecule has 1 aliphatic heterocycles. The van der Waals surface area contributed by atoms with Crippen LogP contribution in [0.15, 0.2) is 66.9 Å². The van der Waals surface area contributed by atoms with Crippen molar-refractivity contribution in [3.8, 4) is 40.1 Å². The largest absolute Gasteiger partial charge is 0.492 e. The standard InChI is InChI=1S/C47H58N10O7.4C2HF3O2/c1-27-35(26-52-42(53-27)30-8-11-32(12-9-30)47(3,4)5)44(60)55-36(15-17-48)46(62)57(6)41-31-10-14-40(64-22-20-51)34(25-31)33-23-29(7-13-39(33)63-21-19-50)24-37(38(58)16-18-49)56-43(59)28(2)54-45(41)61;4*3-2(4,5)1(6)7/h7-14,23,25-26,28,36-37,41H,15-17,19-22,24,48,50-51H2,1-6H3,(H,54,61)(H,55,60)(H,56,59);4*(H,6,7)/t28-,36-,37-,41-;;;;/m0..../s1. The molecule has 0 fully saturated rings. The van der Waals surface area contributed by atoms with Crippen LogP contribution in [0, 0.1) is 18.3 Å². The van der Waals surface area contributed by atoms with Crippen molar-refractivity contribution in [2.45, 2.75) is 108 Å². The molecule has 4 aromatic rings. The number of hydrogen-bond acceptors (Lipinski definition) is 17. The predicted octanol–water partition coefficient (Wildman–Crippen LogP) is 5.30. The number of aromatic nitrogens is 2. The Labute approximate surface area is 514 Å². The number of Topliss-reactive ketones (excluding diaryl/α,β-unsaturated/α-hetero) is 1. The average Bonchev–Trinajstić information content (AvgIpc) is 0.790. The van der Waals surface area contributed by atoms with Crippen molar-refractivity contribution in [3.63, 3.8) is 0 Å². The number of nitriles is 1. The molecule has 25 nitrogen and oxygen atoms in total. The number of carboxylic acid groups (broad SMARTS) is 4. The molecule has 92 heavy (non-hydrogen) atoms. The third-order valence-corrected chi connectivity index (χ3v) is 11.8. The number of ketones is 1. The zero-order valence-corrected chi connectivity index (χ0v) is 49.2. The van der Waals surface area contributed by atoms with Crippen molar-refractivity contribution < 1.29 is 126 Å². The number of aryl methyl sites for hydroxylation is 1. The van der Waals surface area contributed by atoms with E-state index in [0.29, 0.717) is 45.3 Å². The highest BCUT2D eigenvalue weighted by Gasteiger charge is 2.41. The molecule has 4 bridgehead atoms. The second-order valence-corrected chi connectivity index (χ2v) is 19.8. The molecule has 5 rings (SSSR count). The first-order valence-corrected chi connectivity index (χ1v) is 26.1. The number of nitrogens with one attached hydrogen (secondary N) is 3. The van der Waals surface area contributed by atoms with E-state index in [9.17, 15) is 81.9 Å². The second kappa shape index (κ2) is 35.0. The van der Waals surface area contributed by atoms with Crippen molar-refractivity contribution >= 4 is 53.3 Å². The molecule has 0 unspecified atom stereocenters. The Balaban J connectivity index is 0.00000125. The van der Waals surface area contributed by atoms with Crippen LogP contribution in [0.4, 0.5) is 52.7 Å². The highest BCUT2D eigenvalue weighted by molar-refractivity contribution is 6.00. The number of fused-ring (bicyclic) bond motifs is 5. The van der Waals surface area contributed by atoms with Crippen LogP contribution in [0.5, 0.6) is 11.5 Å². The van der Waals surface area contributed by atoms with Crippen LogP contribution in [0.1, 0.15) is 79.3 Å². The van der Waals surface area contributed by atoms with Gasteiger partial charge in [-0.05, 0) is 79.6 Å². The maximum atomic E-state index is 14.6. The minimum atomic E-state index is -5.08. The zero-order chi connectivity index (χ0) is 71.0. The SMILES string of the molecule is Cc1nc(-c2ccc(C(C)(C)C)cc2)ncc1C(=O)N[C@@H](CCN)C(=O)N(C)[C@@H]1C(=O)N[C@@H](C)C(=O)N[C@H](C(=O)CC#N)Cc2ccc(OCCN)c(c2)-c2cc1ccc2OCCN.O=C(O)C(F)(F)F.O=C(O)C(F)(F)F.O=C(O)C(F)(F)F.O=C(O)C(F)(F)F. The van der Waals surface area contributed by atoms with E-state index in [-0.39, 0.29) is 56.7 Å². The van der Waals surface area contributed by atoms with Crippen molar-refractivity contribution in [1.82, 2.24) is 30.8 Å². The zero-order valence-electron chi connectivity index (χ0n) is 49.2. The third-order valence-electron chi connectivity index (χ3n) is 11.8. The van der Waals surface area contributed by atoms with E-state index in [1.54, 1.807) is 43.3 Å². The van der Waals surface area contributed by atoms with Gasteiger partial charge < -0.3 is 68.0 Å². The summed E-state index contributed by atoms with van der Waals surface area (Å²) in [5, 5.41) is 46.1. The Bertz CT molecular complexity index is 3180. The maximum absolute atomic E-state index is 14.6. The molecule has 4 atom stereocenters. The molecular formula is C55H62F12N10O15. The summed E-state index contributed by atoms with van der Waals surface area (Å²) in [6.45, 7) is 10.2. The molecule has 1 aliphatic rings. The summed E-state index contributed by atoms with van der Waals surface area (Å²) in [6, 6.07) is 15.0. The van der Waals surface area contributed by atoms with Crippen LogP contribution >= 0.6 is 0 Å². The van der Waals surface area contributed by atoms with Crippen molar-refractivity contribution in [1.29, 1.82) is 5.26 Å². The molecule has 0 spiro atoms. The molecule has 0 saturated heterocycles. The summed E-state index contributed by atoms with van der Waals surface area (Å²) in [6.07, 6.45) is -19.4. The van der Waals surface area contributed by atoms with E-state index >= 15 is 0 Å². The van der Waals surface area contributed by atoms with E-state index in [2.05, 4.69) is 46.7 Å². The number of carboxylic acids is 4. The number of nitrogens with zero attached hydrogens (tertiary/aromatic N) is 4. The summed E-state index contributed by atoms with van der Waals surface area (Å²) >= 11 is 0. The number of carbonyl (C=O) groups is 9. The molecule has 0 radical (unpaired) electrons. The first-order valence-electron chi connectivity index (χ1n) is 26.1. The van der Waals surface area contributed by atoms with E-state index in [0.717, 1.165) is 11.1 Å². The summed E-state index contributed by atoms with van der Waals surface area (Å²) in [7, 11) is 1.41. The lowest BCUT2D eigenvalue weighted by atomic mass is 9.87. The molecule has 0 aliphatic carbocycles. The van der Waals surface area contributed by atoms with Crippen LogP contribution in [0.2, 0.25) is 0 Å². The Morgan fingerprint density at radius 2 is 1.16 bits per heavy atom. The Morgan fingerprint density at radius 1 is 0.707 bits per heavy atom. The number of hydrogen-bond donors (Lipinski definition) is 10. The molecular weight excluding hydrogens is 1270 g/mol. The fourth-order valence-corrected chi connectivity index (χ4v) is 7.30. The lowest BCUT2D eigenvalue weighted by molar-refractivity contribution is -0.193. The molecule has 37 heteroatoms. The Hall–Kier alpha value is -9.70. The highest BCUT2D eigenvalue weighted by Crippen LogP contribution is 2.40. The smallest absolute Gasteiger partial charge is 0.490 e. The van der Waals surface area contributed by atoms with Gasteiger partial charge in [0, 0.05) is 43.0 Å². The summed E-state index contributed by atoms with van der Waals surface area (Å²) in [5.41, 5.74) is 21.9. The number of alkyl halides is 12. The fourth-order valence-electron chi connectivity index (χ4n) is 7.30. The van der Waals surface area contributed by atoms with Crippen molar-refractivity contribution in [2.75, 3.05) is 39.9 Å². The lowest BCUT2D eigenvalue weighted by Gasteiger charge is -2.32. The van der Waals surface area contributed by atoms with Crippen LogP contribution in [-0.2, 0) is 50.2 Å². The molecule has 506 valence electrons. The number of aliphatic carboxylic acids is 4. The number of likely N-dealkylation sites (N-methyl/N-ethyl adjacent to an activating group) is 1. The third kappa shape index (κ3) is 26.0. The van der Waals surface area contributed by atoms with Gasteiger partial charge >= 0.3 is 48.6 Å². The number of amides is 4. The number of benzene rings is 3. The summed E-state index contributed by atoms with van der Waals surface area (Å²) in [5.74, 6) is -13.1. The quantitative estimate of drug-likeness (QED) is 0.0675. The van der Waals surface area contributed by atoms with Crippen molar-refractivity contribution in [3.05, 3.63) is 94.8 Å². The minimum Gasteiger partial charge on any atom is -0.492 e. The number of ether oxygens (including phenoxy) is 2. The maximum Gasteiger partial charge on any atom is 0.490 e. The minimum absolute atomic E-state index is 0.00249. The summed E-state index contributed by atoms with van der Waals surface area (Å²) in [4.78, 5) is 116. The van der Waals surface area contributed by atoms with Gasteiger partial charge in [-0.25, -0.2) is 29.1 Å². The molecule has 4 amide bonds.